The maximum absolute atomic E-state index is 12.1. The van der Waals surface area contributed by atoms with Gasteiger partial charge in [-0.05, 0) is 44.5 Å². The van der Waals surface area contributed by atoms with Gasteiger partial charge in [0.1, 0.15) is 46.9 Å². The first-order valence-corrected chi connectivity index (χ1v) is 10.5. The highest BCUT2D eigenvalue weighted by Gasteiger charge is 2.70. The van der Waals surface area contributed by atoms with Crippen LogP contribution >= 0.6 is 0 Å². The Labute approximate surface area is 185 Å². The molecule has 5 rings (SSSR count). The molecule has 1 aliphatic carbocycles. The molecule has 2 heterocycles. The van der Waals surface area contributed by atoms with Crippen molar-refractivity contribution in [3.8, 4) is 23.0 Å². The van der Waals surface area contributed by atoms with Crippen LogP contribution in [0.5, 0.6) is 23.0 Å². The fraction of sp³-hybridized carbons (Fsp3) is 0.458. The first kappa shape index (κ1) is 20.9. The number of aromatic hydroxyl groups is 2. The molecule has 0 aromatic heterocycles. The average Bonchev–Trinajstić information content (AvgIpc) is 2.77. The van der Waals surface area contributed by atoms with Crippen molar-refractivity contribution in [1.29, 1.82) is 0 Å². The zero-order valence-electron chi connectivity index (χ0n) is 18.6. The Bertz CT molecular complexity index is 1160. The van der Waals surface area contributed by atoms with Crippen LogP contribution in [0.15, 0.2) is 24.3 Å². The van der Waals surface area contributed by atoms with E-state index in [2.05, 4.69) is 0 Å². The minimum absolute atomic E-state index is 0.0974. The van der Waals surface area contributed by atoms with Gasteiger partial charge in [-0.1, -0.05) is 13.0 Å². The van der Waals surface area contributed by atoms with E-state index in [1.165, 1.54) is 19.1 Å². The number of ether oxygens (including phenoxy) is 4. The Balaban J connectivity index is 1.84. The van der Waals surface area contributed by atoms with Gasteiger partial charge in [0.05, 0.1) is 17.0 Å². The lowest BCUT2D eigenvalue weighted by Crippen LogP contribution is -2.54. The van der Waals surface area contributed by atoms with E-state index in [-0.39, 0.29) is 35.0 Å². The molecule has 2 aromatic rings. The summed E-state index contributed by atoms with van der Waals surface area (Å²) >= 11 is 0. The van der Waals surface area contributed by atoms with Crippen LogP contribution in [0.4, 0.5) is 0 Å². The highest BCUT2D eigenvalue weighted by molar-refractivity contribution is 5.69. The molecule has 8 heteroatoms. The Morgan fingerprint density at radius 2 is 1.84 bits per heavy atom. The van der Waals surface area contributed by atoms with Gasteiger partial charge in [-0.2, -0.15) is 0 Å². The lowest BCUT2D eigenvalue weighted by Gasteiger charge is -2.45. The summed E-state index contributed by atoms with van der Waals surface area (Å²) in [7, 11) is 0. The maximum Gasteiger partial charge on any atom is 0.302 e. The number of hydrogen-bond acceptors (Lipinski definition) is 8. The van der Waals surface area contributed by atoms with Gasteiger partial charge >= 0.3 is 5.97 Å². The van der Waals surface area contributed by atoms with Gasteiger partial charge in [-0.15, -0.1) is 0 Å². The maximum atomic E-state index is 12.1. The van der Waals surface area contributed by atoms with Crippen LogP contribution in [0.1, 0.15) is 49.9 Å². The van der Waals surface area contributed by atoms with E-state index in [0.29, 0.717) is 16.9 Å². The number of carbonyl (C=O) groups excluding carboxylic acids is 1. The molecule has 170 valence electrons. The van der Waals surface area contributed by atoms with E-state index in [4.69, 9.17) is 18.9 Å². The van der Waals surface area contributed by atoms with Gasteiger partial charge in [-0.25, -0.2) is 0 Å². The third kappa shape index (κ3) is 2.42. The lowest BCUT2D eigenvalue weighted by molar-refractivity contribution is -0.290. The molecule has 2 aliphatic heterocycles. The Kier molecular flexibility index (Phi) is 4.11. The third-order valence-corrected chi connectivity index (χ3v) is 6.91. The molecule has 0 amide bonds. The number of hydrogen-bond donors (Lipinski definition) is 3. The van der Waals surface area contributed by atoms with E-state index in [9.17, 15) is 20.1 Å². The number of fused-ring (bicyclic) bond motifs is 4. The number of aryl methyl sites for hydroxylation is 1. The van der Waals surface area contributed by atoms with E-state index in [0.717, 1.165) is 0 Å². The van der Waals surface area contributed by atoms with Crippen LogP contribution in [-0.2, 0) is 25.7 Å². The summed E-state index contributed by atoms with van der Waals surface area (Å²) in [5, 5.41) is 33.8. The van der Waals surface area contributed by atoms with Crippen molar-refractivity contribution in [3.05, 3.63) is 46.5 Å². The van der Waals surface area contributed by atoms with Gasteiger partial charge in [0, 0.05) is 12.5 Å². The minimum Gasteiger partial charge on any atom is -0.508 e. The largest absolute Gasteiger partial charge is 0.508 e. The molecular formula is C24H26O8. The zero-order chi connectivity index (χ0) is 23.2. The molecule has 2 bridgehead atoms. The summed E-state index contributed by atoms with van der Waals surface area (Å²) in [4.78, 5) is 11.5. The molecule has 4 atom stereocenters. The van der Waals surface area contributed by atoms with Crippen LogP contribution < -0.4 is 9.47 Å². The molecular weight excluding hydrogens is 416 g/mol. The Morgan fingerprint density at radius 3 is 2.53 bits per heavy atom. The number of benzene rings is 2. The molecule has 0 saturated carbocycles. The SMILES string of the molecule is CC(=O)OCC1OC23Oc4cccc(O)c4C(O)(c4c(O)cc(C)c(c42)OC1(C)C)C3C. The fourth-order valence-electron chi connectivity index (χ4n) is 5.27. The van der Waals surface area contributed by atoms with Crippen molar-refractivity contribution < 1.29 is 39.1 Å². The minimum atomic E-state index is -1.81. The van der Waals surface area contributed by atoms with Crippen LogP contribution in [0.2, 0.25) is 0 Å². The fourth-order valence-corrected chi connectivity index (χ4v) is 5.27. The summed E-state index contributed by atoms with van der Waals surface area (Å²) in [5.74, 6) is -2.46. The third-order valence-electron chi connectivity index (χ3n) is 6.91. The number of esters is 1. The van der Waals surface area contributed by atoms with Crippen molar-refractivity contribution in [3.63, 3.8) is 0 Å². The van der Waals surface area contributed by atoms with Crippen molar-refractivity contribution in [1.82, 2.24) is 0 Å². The van der Waals surface area contributed by atoms with Crippen LogP contribution in [0, 0.1) is 12.8 Å². The summed E-state index contributed by atoms with van der Waals surface area (Å²) in [5.41, 5.74) is -1.41. The number of carbonyl (C=O) groups is 1. The lowest BCUT2D eigenvalue weighted by atomic mass is 9.77. The molecule has 8 nitrogen and oxygen atoms in total. The topological polar surface area (TPSA) is 115 Å². The van der Waals surface area contributed by atoms with E-state index in [1.54, 1.807) is 26.0 Å². The van der Waals surface area contributed by atoms with Gasteiger partial charge < -0.3 is 34.3 Å². The van der Waals surface area contributed by atoms with Gasteiger partial charge in [0.15, 0.2) is 0 Å². The zero-order valence-corrected chi connectivity index (χ0v) is 18.6. The summed E-state index contributed by atoms with van der Waals surface area (Å²) in [6.07, 6.45) is -0.767. The standard InChI is InChI=1S/C24H26O8/c1-11-9-15(27)19-20-21(11)32-22(4,5)17(10-29-13(3)25)31-24(20)12(2)23(19,28)18-14(26)7-6-8-16(18)30-24/h6-9,12,17,26-28H,10H2,1-5H3. The summed E-state index contributed by atoms with van der Waals surface area (Å²) in [6.45, 7) is 8.36. The smallest absolute Gasteiger partial charge is 0.302 e. The predicted octanol–water partition coefficient (Wildman–Crippen LogP) is 2.96. The predicted molar refractivity (Wildman–Crippen MR) is 112 cm³/mol. The molecule has 3 N–H and O–H groups in total. The second-order valence-electron chi connectivity index (χ2n) is 9.31. The second-order valence-corrected chi connectivity index (χ2v) is 9.31. The van der Waals surface area contributed by atoms with Crippen molar-refractivity contribution >= 4 is 5.97 Å². The number of rotatable bonds is 2. The normalized spacial score (nSPS) is 30.9. The number of phenols is 2. The molecule has 0 fully saturated rings. The van der Waals surface area contributed by atoms with E-state index >= 15 is 0 Å². The molecule has 4 unspecified atom stereocenters. The highest BCUT2D eigenvalue weighted by Crippen LogP contribution is 2.68. The van der Waals surface area contributed by atoms with E-state index in [1.807, 2.05) is 13.8 Å². The Morgan fingerprint density at radius 1 is 1.12 bits per heavy atom. The number of aliphatic hydroxyl groups is 1. The van der Waals surface area contributed by atoms with Gasteiger partial charge in [-0.3, -0.25) is 4.79 Å². The average molecular weight is 442 g/mol. The first-order chi connectivity index (χ1) is 14.9. The quantitative estimate of drug-likeness (QED) is 0.608. The summed E-state index contributed by atoms with van der Waals surface area (Å²) < 4.78 is 24.7. The summed E-state index contributed by atoms with van der Waals surface area (Å²) in [6, 6.07) is 6.22. The molecule has 3 aliphatic rings. The van der Waals surface area contributed by atoms with Crippen molar-refractivity contribution in [2.24, 2.45) is 5.92 Å². The van der Waals surface area contributed by atoms with Crippen LogP contribution in [0.25, 0.3) is 0 Å². The van der Waals surface area contributed by atoms with Gasteiger partial charge in [0.2, 0.25) is 5.79 Å². The molecule has 0 radical (unpaired) electrons. The van der Waals surface area contributed by atoms with Crippen LogP contribution in [0.3, 0.4) is 0 Å². The molecule has 1 spiro atoms. The molecule has 0 saturated heterocycles. The monoisotopic (exact) mass is 442 g/mol. The second kappa shape index (κ2) is 6.30. The highest BCUT2D eigenvalue weighted by atomic mass is 16.7. The number of phenolic OH excluding ortho intramolecular Hbond substituents is 2. The van der Waals surface area contributed by atoms with Crippen molar-refractivity contribution in [2.75, 3.05) is 6.61 Å². The first-order valence-electron chi connectivity index (χ1n) is 10.5. The molecule has 2 aromatic carbocycles. The van der Waals surface area contributed by atoms with Crippen molar-refractivity contribution in [2.45, 2.75) is 57.7 Å². The van der Waals surface area contributed by atoms with Gasteiger partial charge in [0.25, 0.3) is 0 Å². The molecule has 32 heavy (non-hydrogen) atoms. The van der Waals surface area contributed by atoms with E-state index < -0.39 is 35.0 Å². The Hall–Kier alpha value is -2.97. The van der Waals surface area contributed by atoms with Crippen LogP contribution in [-0.4, -0.2) is 39.6 Å².